The van der Waals surface area contributed by atoms with Gasteiger partial charge in [-0.25, -0.2) is 0 Å². The van der Waals surface area contributed by atoms with Gasteiger partial charge >= 0.3 is 0 Å². The van der Waals surface area contributed by atoms with E-state index in [1.165, 1.54) is 4.90 Å². The topological polar surface area (TPSA) is 66.6 Å². The first kappa shape index (κ1) is 13.5. The number of hydrogen-bond acceptors (Lipinski definition) is 3. The molecule has 17 heavy (non-hydrogen) atoms. The smallest absolute Gasteiger partial charge is 0.243 e. The fourth-order valence-electron chi connectivity index (χ4n) is 1.66. The molecule has 1 aromatic carbocycles. The number of phenols is 1. The van der Waals surface area contributed by atoms with Crippen LogP contribution in [-0.4, -0.2) is 24.1 Å². The van der Waals surface area contributed by atoms with Gasteiger partial charge in [0, 0.05) is 12.7 Å². The Labute approximate surface area is 102 Å². The van der Waals surface area contributed by atoms with E-state index in [1.54, 1.807) is 31.3 Å². The second-order valence-corrected chi connectivity index (χ2v) is 4.65. The minimum Gasteiger partial charge on any atom is -0.508 e. The molecule has 0 unspecified atom stereocenters. The highest BCUT2D eigenvalue weighted by molar-refractivity contribution is 5.96. The van der Waals surface area contributed by atoms with Gasteiger partial charge in [0.25, 0.3) is 0 Å². The molecule has 0 heterocycles. The molecule has 0 radical (unpaired) electrons. The van der Waals surface area contributed by atoms with E-state index in [9.17, 15) is 9.90 Å². The first-order valence-electron chi connectivity index (χ1n) is 5.74. The van der Waals surface area contributed by atoms with Gasteiger partial charge < -0.3 is 15.7 Å². The maximum absolute atomic E-state index is 12.0. The average molecular weight is 236 g/mol. The molecule has 1 rings (SSSR count). The molecule has 0 aliphatic heterocycles. The van der Waals surface area contributed by atoms with E-state index in [-0.39, 0.29) is 11.7 Å². The Morgan fingerprint density at radius 2 is 1.88 bits per heavy atom. The van der Waals surface area contributed by atoms with E-state index in [0.29, 0.717) is 12.3 Å². The number of carbonyl (C=O) groups excluding carboxylic acids is 1. The Bertz CT molecular complexity index is 374. The number of amides is 1. The minimum atomic E-state index is -0.478. The normalized spacial score (nSPS) is 12.5. The van der Waals surface area contributed by atoms with Gasteiger partial charge in [-0.2, -0.15) is 0 Å². The molecule has 0 aliphatic carbocycles. The lowest BCUT2D eigenvalue weighted by Crippen LogP contribution is -2.42. The number of likely N-dealkylation sites (N-methyl/N-ethyl adjacent to an activating group) is 1. The van der Waals surface area contributed by atoms with E-state index < -0.39 is 6.04 Å². The van der Waals surface area contributed by atoms with Crippen molar-refractivity contribution in [3.05, 3.63) is 24.3 Å². The molecule has 0 spiro atoms. The van der Waals surface area contributed by atoms with Crippen molar-refractivity contribution in [2.45, 2.75) is 26.3 Å². The summed E-state index contributed by atoms with van der Waals surface area (Å²) in [6, 6.07) is 6.00. The second kappa shape index (κ2) is 5.68. The molecule has 4 heteroatoms. The number of anilines is 1. The van der Waals surface area contributed by atoms with E-state index >= 15 is 0 Å². The van der Waals surface area contributed by atoms with Crippen molar-refractivity contribution in [2.24, 2.45) is 11.7 Å². The van der Waals surface area contributed by atoms with Crippen molar-refractivity contribution in [3.63, 3.8) is 0 Å². The van der Waals surface area contributed by atoms with Crippen LogP contribution in [0, 0.1) is 5.92 Å². The Morgan fingerprint density at radius 3 is 2.35 bits per heavy atom. The lowest BCUT2D eigenvalue weighted by molar-refractivity contribution is -0.119. The molecule has 0 bridgehead atoms. The molecule has 0 saturated heterocycles. The van der Waals surface area contributed by atoms with Crippen molar-refractivity contribution in [2.75, 3.05) is 11.9 Å². The zero-order valence-electron chi connectivity index (χ0n) is 10.6. The van der Waals surface area contributed by atoms with E-state index in [0.717, 1.165) is 5.69 Å². The summed E-state index contributed by atoms with van der Waals surface area (Å²) in [4.78, 5) is 13.5. The highest BCUT2D eigenvalue weighted by Crippen LogP contribution is 2.18. The van der Waals surface area contributed by atoms with Crippen LogP contribution >= 0.6 is 0 Å². The molecule has 1 aromatic rings. The fraction of sp³-hybridized carbons (Fsp3) is 0.462. The van der Waals surface area contributed by atoms with Crippen molar-refractivity contribution >= 4 is 11.6 Å². The second-order valence-electron chi connectivity index (χ2n) is 4.65. The van der Waals surface area contributed by atoms with Gasteiger partial charge in [-0.1, -0.05) is 13.8 Å². The fourth-order valence-corrected chi connectivity index (χ4v) is 1.66. The Kier molecular flexibility index (Phi) is 4.52. The maximum Gasteiger partial charge on any atom is 0.243 e. The molecular weight excluding hydrogens is 216 g/mol. The van der Waals surface area contributed by atoms with Crippen molar-refractivity contribution in [1.29, 1.82) is 0 Å². The Balaban J connectivity index is 2.72. The number of rotatable bonds is 4. The summed E-state index contributed by atoms with van der Waals surface area (Å²) in [5.74, 6) is 0.465. The molecule has 3 N–H and O–H groups in total. The highest BCUT2D eigenvalue weighted by Gasteiger charge is 2.19. The van der Waals surface area contributed by atoms with Crippen molar-refractivity contribution in [1.82, 2.24) is 0 Å². The lowest BCUT2D eigenvalue weighted by Gasteiger charge is -2.22. The van der Waals surface area contributed by atoms with Gasteiger partial charge in [0.1, 0.15) is 5.75 Å². The predicted octanol–water partition coefficient (Wildman–Crippen LogP) is 1.73. The maximum atomic E-state index is 12.0. The molecule has 0 saturated carbocycles. The van der Waals surface area contributed by atoms with Gasteiger partial charge in [-0.05, 0) is 36.6 Å². The summed E-state index contributed by atoms with van der Waals surface area (Å²) in [5, 5.41) is 9.18. The monoisotopic (exact) mass is 236 g/mol. The number of phenolic OH excluding ortho intramolecular Hbond substituents is 1. The summed E-state index contributed by atoms with van der Waals surface area (Å²) in [5.41, 5.74) is 6.57. The van der Waals surface area contributed by atoms with Crippen LogP contribution in [0.4, 0.5) is 5.69 Å². The molecule has 94 valence electrons. The third kappa shape index (κ3) is 3.75. The van der Waals surface area contributed by atoms with Crippen LogP contribution in [-0.2, 0) is 4.79 Å². The van der Waals surface area contributed by atoms with Gasteiger partial charge in [0.05, 0.1) is 6.04 Å². The molecule has 0 fully saturated rings. The van der Waals surface area contributed by atoms with Crippen LogP contribution in [0.1, 0.15) is 20.3 Å². The molecular formula is C13H20N2O2. The number of nitrogens with two attached hydrogens (primary N) is 1. The largest absolute Gasteiger partial charge is 0.508 e. The van der Waals surface area contributed by atoms with Crippen LogP contribution in [0.3, 0.4) is 0 Å². The third-order valence-electron chi connectivity index (χ3n) is 2.61. The number of carbonyl (C=O) groups is 1. The first-order chi connectivity index (χ1) is 7.91. The van der Waals surface area contributed by atoms with Crippen LogP contribution in [0.2, 0.25) is 0 Å². The zero-order chi connectivity index (χ0) is 13.0. The quantitative estimate of drug-likeness (QED) is 0.836. The van der Waals surface area contributed by atoms with Crippen LogP contribution in [0.25, 0.3) is 0 Å². The molecule has 1 atom stereocenters. The summed E-state index contributed by atoms with van der Waals surface area (Å²) in [6.45, 7) is 4.07. The number of aromatic hydroxyl groups is 1. The Hall–Kier alpha value is -1.55. The van der Waals surface area contributed by atoms with Gasteiger partial charge in [-0.3, -0.25) is 4.79 Å². The van der Waals surface area contributed by atoms with Crippen LogP contribution in [0.5, 0.6) is 5.75 Å². The first-order valence-corrected chi connectivity index (χ1v) is 5.74. The van der Waals surface area contributed by atoms with Crippen LogP contribution in [0.15, 0.2) is 24.3 Å². The number of nitrogens with zero attached hydrogens (tertiary/aromatic N) is 1. The summed E-state index contributed by atoms with van der Waals surface area (Å²) in [6.07, 6.45) is 0.668. The molecule has 4 nitrogen and oxygen atoms in total. The van der Waals surface area contributed by atoms with E-state index in [4.69, 9.17) is 5.73 Å². The van der Waals surface area contributed by atoms with E-state index in [1.807, 2.05) is 13.8 Å². The summed E-state index contributed by atoms with van der Waals surface area (Å²) >= 11 is 0. The van der Waals surface area contributed by atoms with Crippen molar-refractivity contribution < 1.29 is 9.90 Å². The predicted molar refractivity (Wildman–Crippen MR) is 68.9 cm³/mol. The molecule has 0 aliphatic rings. The van der Waals surface area contributed by atoms with Crippen LogP contribution < -0.4 is 10.6 Å². The summed E-state index contributed by atoms with van der Waals surface area (Å²) < 4.78 is 0. The minimum absolute atomic E-state index is 0.107. The standard InChI is InChI=1S/C13H20N2O2/c1-9(2)8-12(14)13(17)15(3)10-4-6-11(16)7-5-10/h4-7,9,12,16H,8,14H2,1-3H3/t12-/m0/s1. The SMILES string of the molecule is CC(C)C[C@H](N)C(=O)N(C)c1ccc(O)cc1. The van der Waals surface area contributed by atoms with Gasteiger partial charge in [0.2, 0.25) is 5.91 Å². The molecule has 1 amide bonds. The summed E-state index contributed by atoms with van der Waals surface area (Å²) in [7, 11) is 1.69. The number of hydrogen-bond donors (Lipinski definition) is 2. The lowest BCUT2D eigenvalue weighted by atomic mass is 10.0. The van der Waals surface area contributed by atoms with Crippen molar-refractivity contribution in [3.8, 4) is 5.75 Å². The zero-order valence-corrected chi connectivity index (χ0v) is 10.6. The molecule has 0 aromatic heterocycles. The number of benzene rings is 1. The van der Waals surface area contributed by atoms with Gasteiger partial charge in [0.15, 0.2) is 0 Å². The Morgan fingerprint density at radius 1 is 1.35 bits per heavy atom. The third-order valence-corrected chi connectivity index (χ3v) is 2.61. The van der Waals surface area contributed by atoms with Gasteiger partial charge in [-0.15, -0.1) is 0 Å². The van der Waals surface area contributed by atoms with E-state index in [2.05, 4.69) is 0 Å². The average Bonchev–Trinajstić information content (AvgIpc) is 2.27. The highest BCUT2D eigenvalue weighted by atomic mass is 16.3.